The maximum Gasteiger partial charge on any atom is 0.337 e. The van der Waals surface area contributed by atoms with Gasteiger partial charge in [-0.1, -0.05) is 17.3 Å². The molecule has 3 rings (SSSR count). The van der Waals surface area contributed by atoms with Crippen LogP contribution in [-0.2, 0) is 9.57 Å². The Hall–Kier alpha value is -1.15. The molecule has 5 nitrogen and oxygen atoms in total. The second-order valence-electron chi connectivity index (χ2n) is 5.47. The average molecular weight is 400 g/mol. The first-order chi connectivity index (χ1) is 10.1. The Morgan fingerprint density at radius 3 is 2.62 bits per heavy atom. The van der Waals surface area contributed by atoms with Crippen LogP contribution < -0.4 is 0 Å². The van der Waals surface area contributed by atoms with Gasteiger partial charge in [-0.3, -0.25) is 0 Å². The Morgan fingerprint density at radius 2 is 2.00 bits per heavy atom. The molecule has 0 N–H and O–H groups in total. The lowest BCUT2D eigenvalue weighted by molar-refractivity contribution is -0.0477. The fourth-order valence-electron chi connectivity index (χ4n) is 2.75. The fourth-order valence-corrected chi connectivity index (χ4v) is 3.23. The fraction of sp³-hybridized carbons (Fsp3) is 0.467. The molecule has 0 bridgehead atoms. The molecular formula is C15H17IN2O3. The molecule has 1 spiro atoms. The van der Waals surface area contributed by atoms with Gasteiger partial charge < -0.3 is 9.57 Å². The first-order valence-corrected chi connectivity index (χ1v) is 7.93. The van der Waals surface area contributed by atoms with Crippen molar-refractivity contribution >= 4 is 34.5 Å². The average Bonchev–Trinajstić information content (AvgIpc) is 2.94. The van der Waals surface area contributed by atoms with E-state index < -0.39 is 0 Å². The number of hydrogen-bond donors (Lipinski definition) is 0. The zero-order valence-corrected chi connectivity index (χ0v) is 14.0. The minimum absolute atomic E-state index is 0.127. The molecular weight excluding hydrogens is 383 g/mol. The van der Waals surface area contributed by atoms with E-state index in [1.165, 1.54) is 7.11 Å². The highest BCUT2D eigenvalue weighted by molar-refractivity contribution is 14.1. The summed E-state index contributed by atoms with van der Waals surface area (Å²) >= 11 is 2.35. The standard InChI is InChI=1S/C15H17IN2O3/c1-20-14(19)12-4-2-11(3-5-12)13-10-15(21-17-13)6-8-18(16)9-7-15/h2-5H,6-10H2,1H3. The van der Waals surface area contributed by atoms with Crippen molar-refractivity contribution in [1.82, 2.24) is 3.11 Å². The highest BCUT2D eigenvalue weighted by Gasteiger charge is 2.41. The highest BCUT2D eigenvalue weighted by atomic mass is 127. The smallest absolute Gasteiger partial charge is 0.337 e. The monoisotopic (exact) mass is 400 g/mol. The first kappa shape index (κ1) is 14.8. The molecule has 0 unspecified atom stereocenters. The Bertz CT molecular complexity index is 563. The van der Waals surface area contributed by atoms with E-state index in [0.29, 0.717) is 5.56 Å². The summed E-state index contributed by atoms with van der Waals surface area (Å²) in [5, 5.41) is 4.28. The van der Waals surface area contributed by atoms with Crippen molar-refractivity contribution in [3.05, 3.63) is 35.4 Å². The van der Waals surface area contributed by atoms with Crippen LogP contribution in [0.15, 0.2) is 29.4 Å². The molecule has 21 heavy (non-hydrogen) atoms. The van der Waals surface area contributed by atoms with Crippen molar-refractivity contribution in [3.8, 4) is 0 Å². The summed E-state index contributed by atoms with van der Waals surface area (Å²) in [4.78, 5) is 17.2. The second kappa shape index (κ2) is 5.92. The van der Waals surface area contributed by atoms with Crippen molar-refractivity contribution in [2.45, 2.75) is 24.9 Å². The van der Waals surface area contributed by atoms with Crippen molar-refractivity contribution in [2.75, 3.05) is 20.2 Å². The van der Waals surface area contributed by atoms with Gasteiger partial charge in [0.25, 0.3) is 0 Å². The summed E-state index contributed by atoms with van der Waals surface area (Å²) < 4.78 is 6.99. The zero-order chi connectivity index (χ0) is 14.9. The van der Waals surface area contributed by atoms with Crippen LogP contribution in [0.2, 0.25) is 0 Å². The van der Waals surface area contributed by atoms with Gasteiger partial charge in [-0.05, 0) is 17.7 Å². The molecule has 1 fully saturated rings. The van der Waals surface area contributed by atoms with Crippen LogP contribution in [-0.4, -0.2) is 40.6 Å². The van der Waals surface area contributed by atoms with Crippen molar-refractivity contribution in [2.24, 2.45) is 5.16 Å². The molecule has 2 aliphatic rings. The number of methoxy groups -OCH3 is 1. The number of nitrogens with zero attached hydrogens (tertiary/aromatic N) is 2. The van der Waals surface area contributed by atoms with Crippen LogP contribution in [0.4, 0.5) is 0 Å². The van der Waals surface area contributed by atoms with E-state index in [2.05, 4.69) is 31.1 Å². The van der Waals surface area contributed by atoms with Gasteiger partial charge in [0.05, 0.1) is 18.4 Å². The molecule has 2 heterocycles. The predicted molar refractivity (Wildman–Crippen MR) is 87.6 cm³/mol. The topological polar surface area (TPSA) is 51.1 Å². The summed E-state index contributed by atoms with van der Waals surface area (Å²) in [6.45, 7) is 2.06. The summed E-state index contributed by atoms with van der Waals surface area (Å²) in [5.41, 5.74) is 2.40. The van der Waals surface area contributed by atoms with E-state index in [0.717, 1.165) is 43.6 Å². The van der Waals surface area contributed by atoms with Crippen LogP contribution >= 0.6 is 22.9 Å². The largest absolute Gasteiger partial charge is 0.465 e. The number of carbonyl (C=O) groups excluding carboxylic acids is 1. The third kappa shape index (κ3) is 3.06. The molecule has 0 aromatic heterocycles. The normalized spacial score (nSPS) is 21.0. The van der Waals surface area contributed by atoms with Crippen LogP contribution in [0, 0.1) is 0 Å². The molecule has 1 saturated heterocycles. The number of oxime groups is 1. The number of rotatable bonds is 2. The molecule has 1 aromatic rings. The molecule has 6 heteroatoms. The molecule has 0 atom stereocenters. The van der Waals surface area contributed by atoms with Gasteiger partial charge in [0, 0.05) is 55.2 Å². The third-order valence-corrected chi connectivity index (χ3v) is 5.06. The Balaban J connectivity index is 1.70. The summed E-state index contributed by atoms with van der Waals surface area (Å²) in [5.74, 6) is -0.322. The molecule has 1 aromatic carbocycles. The lowest BCUT2D eigenvalue weighted by atomic mass is 9.86. The van der Waals surface area contributed by atoms with Crippen LogP contribution in [0.25, 0.3) is 0 Å². The number of carbonyl (C=O) groups is 1. The van der Waals surface area contributed by atoms with Crippen LogP contribution in [0.3, 0.4) is 0 Å². The minimum atomic E-state index is -0.322. The predicted octanol–water partition coefficient (Wildman–Crippen LogP) is 2.78. The number of halogens is 1. The van der Waals surface area contributed by atoms with Gasteiger partial charge in [0.2, 0.25) is 0 Å². The van der Waals surface area contributed by atoms with Gasteiger partial charge in [-0.15, -0.1) is 0 Å². The number of piperidine rings is 1. The number of esters is 1. The lowest BCUT2D eigenvalue weighted by Gasteiger charge is -2.34. The summed E-state index contributed by atoms with van der Waals surface area (Å²) in [6, 6.07) is 7.34. The van der Waals surface area contributed by atoms with E-state index in [1.54, 1.807) is 12.1 Å². The SMILES string of the molecule is COC(=O)c1ccc(C2=NOC3(CCN(I)CC3)C2)cc1. The summed E-state index contributed by atoms with van der Waals surface area (Å²) in [6.07, 6.45) is 2.85. The molecule has 0 saturated carbocycles. The first-order valence-electron chi connectivity index (χ1n) is 6.96. The van der Waals surface area contributed by atoms with E-state index in [-0.39, 0.29) is 11.6 Å². The van der Waals surface area contributed by atoms with Crippen LogP contribution in [0.5, 0.6) is 0 Å². The lowest BCUT2D eigenvalue weighted by Crippen LogP contribution is -2.40. The third-order valence-electron chi connectivity index (χ3n) is 4.10. The van der Waals surface area contributed by atoms with E-state index in [1.807, 2.05) is 12.1 Å². The number of hydrogen-bond acceptors (Lipinski definition) is 5. The Kier molecular flexibility index (Phi) is 4.17. The van der Waals surface area contributed by atoms with E-state index in [4.69, 9.17) is 9.57 Å². The highest BCUT2D eigenvalue weighted by Crippen LogP contribution is 2.36. The quantitative estimate of drug-likeness (QED) is 0.435. The van der Waals surface area contributed by atoms with Crippen molar-refractivity contribution in [3.63, 3.8) is 0 Å². The van der Waals surface area contributed by atoms with Gasteiger partial charge >= 0.3 is 5.97 Å². The van der Waals surface area contributed by atoms with Gasteiger partial charge in [-0.2, -0.15) is 0 Å². The molecule has 2 aliphatic heterocycles. The van der Waals surface area contributed by atoms with Crippen molar-refractivity contribution < 1.29 is 14.4 Å². The zero-order valence-electron chi connectivity index (χ0n) is 11.8. The number of ether oxygens (including phenoxy) is 1. The van der Waals surface area contributed by atoms with Gasteiger partial charge in [-0.25, -0.2) is 7.91 Å². The Labute approximate surface area is 137 Å². The Morgan fingerprint density at radius 1 is 1.33 bits per heavy atom. The summed E-state index contributed by atoms with van der Waals surface area (Å²) in [7, 11) is 1.38. The van der Waals surface area contributed by atoms with Crippen molar-refractivity contribution in [1.29, 1.82) is 0 Å². The molecule has 112 valence electrons. The molecule has 0 amide bonds. The van der Waals surface area contributed by atoms with Gasteiger partial charge in [0.15, 0.2) is 0 Å². The number of benzene rings is 1. The van der Waals surface area contributed by atoms with Crippen LogP contribution in [0.1, 0.15) is 35.2 Å². The minimum Gasteiger partial charge on any atom is -0.465 e. The van der Waals surface area contributed by atoms with E-state index in [9.17, 15) is 4.79 Å². The molecule has 0 radical (unpaired) electrons. The molecule has 0 aliphatic carbocycles. The second-order valence-corrected chi connectivity index (χ2v) is 6.83. The van der Waals surface area contributed by atoms with E-state index >= 15 is 0 Å². The van der Waals surface area contributed by atoms with Gasteiger partial charge in [0.1, 0.15) is 5.60 Å². The maximum absolute atomic E-state index is 11.4. The maximum atomic E-state index is 11.4.